The topological polar surface area (TPSA) is 58.6 Å². The fourth-order valence-electron chi connectivity index (χ4n) is 2.78. The highest BCUT2D eigenvalue weighted by atomic mass is 79.9. The Labute approximate surface area is 195 Å². The van der Waals surface area contributed by atoms with Gasteiger partial charge in [0.1, 0.15) is 11.8 Å². The number of amides is 2. The lowest BCUT2D eigenvalue weighted by molar-refractivity contribution is -0.142. The Bertz CT molecular complexity index is 901. The van der Waals surface area contributed by atoms with Crippen LogP contribution in [0.5, 0.6) is 5.75 Å². The van der Waals surface area contributed by atoms with Gasteiger partial charge >= 0.3 is 0 Å². The summed E-state index contributed by atoms with van der Waals surface area (Å²) < 4.78 is 6.64. The van der Waals surface area contributed by atoms with Crippen molar-refractivity contribution in [3.05, 3.63) is 62.0 Å². The molecule has 0 heterocycles. The molecule has 0 unspecified atom stereocenters. The van der Waals surface area contributed by atoms with E-state index < -0.39 is 6.04 Å². The Morgan fingerprint density at radius 3 is 2.33 bits per heavy atom. The van der Waals surface area contributed by atoms with Crippen molar-refractivity contribution in [2.24, 2.45) is 0 Å². The number of ether oxygens (including phenoxy) is 1. The quantitative estimate of drug-likeness (QED) is 0.513. The highest BCUT2D eigenvalue weighted by Crippen LogP contribution is 2.27. The number of hydrogen-bond acceptors (Lipinski definition) is 3. The molecule has 0 aliphatic rings. The van der Waals surface area contributed by atoms with E-state index in [1.54, 1.807) is 31.2 Å². The van der Waals surface area contributed by atoms with Crippen LogP contribution in [0.4, 0.5) is 0 Å². The number of carbonyl (C=O) groups excluding carboxylic acids is 2. The maximum atomic E-state index is 13.1. The molecule has 8 heteroatoms. The molecule has 30 heavy (non-hydrogen) atoms. The molecule has 0 fully saturated rings. The number of benzene rings is 2. The monoisotopic (exact) mass is 514 g/mol. The van der Waals surface area contributed by atoms with Crippen LogP contribution >= 0.6 is 39.1 Å². The number of nitrogens with zero attached hydrogens (tertiary/aromatic N) is 1. The van der Waals surface area contributed by atoms with E-state index in [4.69, 9.17) is 27.9 Å². The van der Waals surface area contributed by atoms with Crippen LogP contribution in [0.25, 0.3) is 0 Å². The van der Waals surface area contributed by atoms with Crippen molar-refractivity contribution in [3.8, 4) is 5.75 Å². The average molecular weight is 516 g/mol. The van der Waals surface area contributed by atoms with Gasteiger partial charge in [0.2, 0.25) is 5.91 Å². The van der Waals surface area contributed by atoms with E-state index in [0.717, 1.165) is 10.0 Å². The molecule has 2 aromatic carbocycles. The third-order valence-corrected chi connectivity index (χ3v) is 6.08. The largest absolute Gasteiger partial charge is 0.484 e. The summed E-state index contributed by atoms with van der Waals surface area (Å²) in [5, 5.41) is 3.70. The first-order valence-corrected chi connectivity index (χ1v) is 11.1. The molecule has 0 spiro atoms. The first-order valence-electron chi connectivity index (χ1n) is 9.51. The van der Waals surface area contributed by atoms with E-state index in [0.29, 0.717) is 21.4 Å². The lowest BCUT2D eigenvalue weighted by atomic mass is 10.1. The summed E-state index contributed by atoms with van der Waals surface area (Å²) in [5.74, 6) is -0.0435. The number of halogens is 3. The molecular formula is C22H25BrCl2N2O3. The van der Waals surface area contributed by atoms with Crippen molar-refractivity contribution >= 4 is 50.9 Å². The van der Waals surface area contributed by atoms with Gasteiger partial charge in [-0.2, -0.15) is 0 Å². The normalized spacial score (nSPS) is 11.9. The summed E-state index contributed by atoms with van der Waals surface area (Å²) in [6, 6.07) is 9.81. The fourth-order valence-corrected chi connectivity index (χ4v) is 3.54. The SMILES string of the molecule is Cc1cc(OCC(=O)N(Cc2c(Cl)cccc2Cl)[C@@H](C)C(=O)NC(C)C)ccc1Br. The molecule has 0 saturated heterocycles. The molecule has 2 rings (SSSR count). The molecule has 0 aliphatic heterocycles. The Morgan fingerprint density at radius 1 is 1.13 bits per heavy atom. The van der Waals surface area contributed by atoms with Gasteiger partial charge in [-0.1, -0.05) is 45.2 Å². The minimum Gasteiger partial charge on any atom is -0.484 e. The van der Waals surface area contributed by atoms with Crippen molar-refractivity contribution in [1.29, 1.82) is 0 Å². The van der Waals surface area contributed by atoms with Crippen LogP contribution in [-0.2, 0) is 16.1 Å². The maximum Gasteiger partial charge on any atom is 0.261 e. The third kappa shape index (κ3) is 6.62. The van der Waals surface area contributed by atoms with E-state index in [-0.39, 0.29) is 31.0 Å². The number of rotatable bonds is 8. The van der Waals surface area contributed by atoms with Crippen LogP contribution in [-0.4, -0.2) is 35.4 Å². The number of nitrogens with one attached hydrogen (secondary N) is 1. The molecular weight excluding hydrogens is 491 g/mol. The molecule has 1 N–H and O–H groups in total. The van der Waals surface area contributed by atoms with Gasteiger partial charge in [-0.05, 0) is 63.6 Å². The van der Waals surface area contributed by atoms with Gasteiger partial charge < -0.3 is 15.0 Å². The van der Waals surface area contributed by atoms with Crippen LogP contribution in [0.2, 0.25) is 10.0 Å². The molecule has 0 radical (unpaired) electrons. The highest BCUT2D eigenvalue weighted by molar-refractivity contribution is 9.10. The molecule has 0 bridgehead atoms. The number of carbonyl (C=O) groups is 2. The Morgan fingerprint density at radius 2 is 1.77 bits per heavy atom. The minimum atomic E-state index is -0.734. The second-order valence-electron chi connectivity index (χ2n) is 7.26. The molecule has 2 amide bonds. The van der Waals surface area contributed by atoms with Crippen LogP contribution in [0.1, 0.15) is 31.9 Å². The lowest BCUT2D eigenvalue weighted by Gasteiger charge is -2.30. The van der Waals surface area contributed by atoms with E-state index in [1.165, 1.54) is 4.90 Å². The molecule has 0 aromatic heterocycles. The van der Waals surface area contributed by atoms with E-state index >= 15 is 0 Å². The molecule has 5 nitrogen and oxygen atoms in total. The second kappa shape index (κ2) is 11.0. The summed E-state index contributed by atoms with van der Waals surface area (Å²) in [6.45, 7) is 7.20. The molecule has 162 valence electrons. The van der Waals surface area contributed by atoms with Crippen LogP contribution in [0, 0.1) is 6.92 Å². The summed E-state index contributed by atoms with van der Waals surface area (Å²) in [4.78, 5) is 27.1. The maximum absolute atomic E-state index is 13.1. The summed E-state index contributed by atoms with van der Waals surface area (Å²) in [5.41, 5.74) is 1.57. The van der Waals surface area contributed by atoms with Gasteiger partial charge in [-0.3, -0.25) is 9.59 Å². The van der Waals surface area contributed by atoms with Gasteiger partial charge in [0.25, 0.3) is 5.91 Å². The number of aryl methyl sites for hydroxylation is 1. The van der Waals surface area contributed by atoms with Crippen LogP contribution < -0.4 is 10.1 Å². The van der Waals surface area contributed by atoms with E-state index in [2.05, 4.69) is 21.2 Å². The molecule has 0 saturated carbocycles. The first-order chi connectivity index (χ1) is 14.1. The van der Waals surface area contributed by atoms with Crippen molar-refractivity contribution in [2.75, 3.05) is 6.61 Å². The zero-order valence-corrected chi connectivity index (χ0v) is 20.4. The van der Waals surface area contributed by atoms with Crippen molar-refractivity contribution < 1.29 is 14.3 Å². The average Bonchev–Trinajstić information content (AvgIpc) is 2.67. The summed E-state index contributed by atoms with van der Waals surface area (Å²) >= 11 is 16.0. The van der Waals surface area contributed by atoms with Gasteiger partial charge in [0, 0.05) is 32.7 Å². The Hall–Kier alpha value is -1.76. The highest BCUT2D eigenvalue weighted by Gasteiger charge is 2.28. The van der Waals surface area contributed by atoms with Crippen LogP contribution in [0.15, 0.2) is 40.9 Å². The Kier molecular flexibility index (Phi) is 9.01. The zero-order valence-electron chi connectivity index (χ0n) is 17.3. The predicted molar refractivity (Wildman–Crippen MR) is 124 cm³/mol. The Balaban J connectivity index is 2.23. The van der Waals surface area contributed by atoms with Crippen molar-refractivity contribution in [2.45, 2.75) is 46.3 Å². The van der Waals surface area contributed by atoms with Crippen molar-refractivity contribution in [1.82, 2.24) is 10.2 Å². The van der Waals surface area contributed by atoms with E-state index in [9.17, 15) is 9.59 Å². The molecule has 1 atom stereocenters. The van der Waals surface area contributed by atoms with Crippen molar-refractivity contribution in [3.63, 3.8) is 0 Å². The minimum absolute atomic E-state index is 0.0530. The number of hydrogen-bond donors (Lipinski definition) is 1. The van der Waals surface area contributed by atoms with Crippen LogP contribution in [0.3, 0.4) is 0 Å². The summed E-state index contributed by atoms with van der Waals surface area (Å²) in [6.07, 6.45) is 0. The first kappa shape index (κ1) is 24.5. The zero-order chi connectivity index (χ0) is 22.4. The molecule has 2 aromatic rings. The second-order valence-corrected chi connectivity index (χ2v) is 8.93. The lowest BCUT2D eigenvalue weighted by Crippen LogP contribution is -2.50. The van der Waals surface area contributed by atoms with E-state index in [1.807, 2.05) is 32.9 Å². The predicted octanol–water partition coefficient (Wildman–Crippen LogP) is 5.39. The van der Waals surface area contributed by atoms with Gasteiger partial charge in [0.05, 0.1) is 0 Å². The van der Waals surface area contributed by atoms with Gasteiger partial charge in [0.15, 0.2) is 6.61 Å². The fraction of sp³-hybridized carbons (Fsp3) is 0.364. The van der Waals surface area contributed by atoms with Gasteiger partial charge in [-0.25, -0.2) is 0 Å². The molecule has 0 aliphatic carbocycles. The third-order valence-electron chi connectivity index (χ3n) is 4.48. The van der Waals surface area contributed by atoms with Gasteiger partial charge in [-0.15, -0.1) is 0 Å². The standard InChI is InChI=1S/C22H25BrCl2N2O3/c1-13(2)26-22(29)15(4)27(11-17-19(24)6-5-7-20(17)25)21(28)12-30-16-8-9-18(23)14(3)10-16/h5-10,13,15H,11-12H2,1-4H3,(H,26,29)/t15-/m0/s1. The summed E-state index contributed by atoms with van der Waals surface area (Å²) in [7, 11) is 0. The smallest absolute Gasteiger partial charge is 0.261 e.